The van der Waals surface area contributed by atoms with E-state index in [-0.39, 0.29) is 0 Å². The van der Waals surface area contributed by atoms with E-state index >= 15 is 0 Å². The van der Waals surface area contributed by atoms with Crippen LogP contribution in [0.4, 0.5) is 0 Å². The summed E-state index contributed by atoms with van der Waals surface area (Å²) in [5, 5.41) is 2.52. The predicted molar refractivity (Wildman–Crippen MR) is 94.1 cm³/mol. The quantitative estimate of drug-likeness (QED) is 0.545. The van der Waals surface area contributed by atoms with Crippen LogP contribution < -0.4 is 5.32 Å². The number of rotatable bonds is 0. The van der Waals surface area contributed by atoms with Crippen LogP contribution in [0.25, 0.3) is 0 Å². The van der Waals surface area contributed by atoms with Crippen LogP contribution in [0.1, 0.15) is 51.4 Å². The first kappa shape index (κ1) is 15.9. The van der Waals surface area contributed by atoms with Gasteiger partial charge in [-0.2, -0.15) is 0 Å². The fraction of sp³-hybridized carbons (Fsp3) is 0.941. The molecule has 21 heavy (non-hydrogen) atoms. The van der Waals surface area contributed by atoms with Crippen LogP contribution in [-0.2, 0) is 12.6 Å². The van der Waals surface area contributed by atoms with Gasteiger partial charge in [0.05, 0.1) is 13.1 Å². The summed E-state index contributed by atoms with van der Waals surface area (Å²) >= 11 is 10.1. The zero-order chi connectivity index (χ0) is 14.7. The highest BCUT2D eigenvalue weighted by molar-refractivity contribution is 8.00. The van der Waals surface area contributed by atoms with Gasteiger partial charge in [0.2, 0.25) is 0 Å². The molecule has 4 aliphatic heterocycles. The zero-order valence-corrected chi connectivity index (χ0v) is 14.8. The lowest BCUT2D eigenvalue weighted by Gasteiger charge is -2.28. The Morgan fingerprint density at radius 1 is 0.762 bits per heavy atom. The molecule has 2 N–H and O–H groups in total. The van der Waals surface area contributed by atoms with Gasteiger partial charge in [-0.3, -0.25) is 0 Å². The summed E-state index contributed by atoms with van der Waals surface area (Å²) in [5.41, 5.74) is 0. The van der Waals surface area contributed by atoms with Crippen LogP contribution >= 0.6 is 12.2 Å². The van der Waals surface area contributed by atoms with Crippen molar-refractivity contribution in [1.82, 2.24) is 4.90 Å². The van der Waals surface area contributed by atoms with Gasteiger partial charge in [-0.05, 0) is 63.2 Å². The SMILES string of the molecule is C1CC2CCC1C[NH2+]C2.S=C([S-])N1CC2CCC(CC2)C1. The summed E-state index contributed by atoms with van der Waals surface area (Å²) < 4.78 is 0.689. The second-order valence-corrected chi connectivity index (χ2v) is 8.74. The molecule has 0 aromatic carbocycles. The molecular weight excluding hydrogens is 296 g/mol. The first-order valence-electron chi connectivity index (χ1n) is 8.98. The Morgan fingerprint density at radius 3 is 1.52 bits per heavy atom. The molecule has 6 aliphatic rings. The average molecular weight is 327 g/mol. The summed E-state index contributed by atoms with van der Waals surface area (Å²) in [7, 11) is 0. The van der Waals surface area contributed by atoms with Gasteiger partial charge in [-0.15, -0.1) is 0 Å². The molecule has 4 heterocycles. The molecule has 2 nitrogen and oxygen atoms in total. The van der Waals surface area contributed by atoms with Crippen molar-refractivity contribution in [3.05, 3.63) is 0 Å². The Hall–Kier alpha value is 0.0700. The highest BCUT2D eigenvalue weighted by Gasteiger charge is 2.28. The number of hydrogen-bond acceptors (Lipinski definition) is 2. The lowest BCUT2D eigenvalue weighted by atomic mass is 9.84. The number of hydrogen-bond donors (Lipinski definition) is 1. The minimum Gasteiger partial charge on any atom is -0.411 e. The third kappa shape index (κ3) is 4.52. The van der Waals surface area contributed by atoms with Crippen molar-refractivity contribution in [2.24, 2.45) is 23.7 Å². The van der Waals surface area contributed by atoms with Crippen molar-refractivity contribution in [3.63, 3.8) is 0 Å². The summed E-state index contributed by atoms with van der Waals surface area (Å²) in [6.45, 7) is 5.13. The van der Waals surface area contributed by atoms with Crippen molar-refractivity contribution in [3.8, 4) is 0 Å². The van der Waals surface area contributed by atoms with Gasteiger partial charge >= 0.3 is 0 Å². The van der Waals surface area contributed by atoms with E-state index in [4.69, 9.17) is 24.8 Å². The van der Waals surface area contributed by atoms with Gasteiger partial charge in [0.25, 0.3) is 0 Å². The highest BCUT2D eigenvalue weighted by Crippen LogP contribution is 2.33. The molecule has 0 radical (unpaired) electrons. The second kappa shape index (κ2) is 7.56. The summed E-state index contributed by atoms with van der Waals surface area (Å²) in [4.78, 5) is 2.24. The zero-order valence-electron chi connectivity index (χ0n) is 13.1. The van der Waals surface area contributed by atoms with E-state index in [0.717, 1.165) is 36.8 Å². The first-order valence-corrected chi connectivity index (χ1v) is 9.80. The molecule has 0 aromatic heterocycles. The van der Waals surface area contributed by atoms with Crippen molar-refractivity contribution in [2.45, 2.75) is 51.4 Å². The van der Waals surface area contributed by atoms with Crippen LogP contribution in [0.5, 0.6) is 0 Å². The molecular formula is C17H30N2S2. The molecule has 6 rings (SSSR count). The minimum atomic E-state index is 0.689. The Kier molecular flexibility index (Phi) is 5.74. The Morgan fingerprint density at radius 2 is 1.14 bits per heavy atom. The molecule has 0 atom stereocenters. The predicted octanol–water partition coefficient (Wildman–Crippen LogP) is 2.31. The molecule has 0 spiro atoms. The second-order valence-electron chi connectivity index (χ2n) is 7.70. The largest absolute Gasteiger partial charge is 0.411 e. The van der Waals surface area contributed by atoms with Crippen molar-refractivity contribution >= 4 is 29.2 Å². The van der Waals surface area contributed by atoms with Gasteiger partial charge in [0, 0.05) is 24.9 Å². The number of thiocarbonyl (C=S) groups is 1. The van der Waals surface area contributed by atoms with Gasteiger partial charge in [0.1, 0.15) is 0 Å². The maximum Gasteiger partial charge on any atom is 0.0784 e. The van der Waals surface area contributed by atoms with E-state index in [0.29, 0.717) is 4.32 Å². The Bertz CT molecular complexity index is 313. The molecule has 6 fully saturated rings. The average Bonchev–Trinajstić information content (AvgIpc) is 3.01. The van der Waals surface area contributed by atoms with E-state index in [1.807, 2.05) is 0 Å². The Labute approximate surface area is 140 Å². The van der Waals surface area contributed by atoms with Crippen molar-refractivity contribution < 1.29 is 5.32 Å². The summed E-state index contributed by atoms with van der Waals surface area (Å²) in [5.74, 6) is 3.93. The fourth-order valence-electron chi connectivity index (χ4n) is 4.71. The van der Waals surface area contributed by atoms with Crippen LogP contribution in [-0.4, -0.2) is 35.4 Å². The molecule has 0 aromatic rings. The molecule has 120 valence electrons. The Balaban J connectivity index is 0.000000131. The maximum atomic E-state index is 5.05. The van der Waals surface area contributed by atoms with Gasteiger partial charge in [-0.25, -0.2) is 0 Å². The standard InChI is InChI=1S/C9H15NS2.C8H15N/c11-9(12)10-5-7-1-2-8(6-10)4-3-7;1-2-8-4-3-7(1)5-9-6-8/h7-8H,1-6H2,(H,11,12);7-9H,1-6H2. The summed E-state index contributed by atoms with van der Waals surface area (Å²) in [6.07, 6.45) is 11.7. The van der Waals surface area contributed by atoms with Crippen LogP contribution in [0, 0.1) is 23.7 Å². The lowest BCUT2D eigenvalue weighted by Crippen LogP contribution is -2.85. The molecule has 4 heteroatoms. The van der Waals surface area contributed by atoms with Gasteiger partial charge in [0.15, 0.2) is 0 Å². The van der Waals surface area contributed by atoms with Crippen LogP contribution in [0.15, 0.2) is 0 Å². The normalized spacial score (nSPS) is 38.2. The summed E-state index contributed by atoms with van der Waals surface area (Å²) in [6, 6.07) is 0. The minimum absolute atomic E-state index is 0.689. The topological polar surface area (TPSA) is 19.9 Å². The van der Waals surface area contributed by atoms with E-state index in [1.165, 1.54) is 64.5 Å². The fourth-order valence-corrected chi connectivity index (χ4v) is 5.01. The van der Waals surface area contributed by atoms with E-state index < -0.39 is 0 Å². The molecule has 0 amide bonds. The van der Waals surface area contributed by atoms with E-state index in [1.54, 1.807) is 0 Å². The van der Waals surface area contributed by atoms with Crippen molar-refractivity contribution in [1.29, 1.82) is 0 Å². The number of quaternary nitrogens is 1. The monoisotopic (exact) mass is 326 g/mol. The molecule has 2 aliphatic carbocycles. The van der Waals surface area contributed by atoms with Gasteiger partial charge in [-0.1, -0.05) is 4.32 Å². The smallest absolute Gasteiger partial charge is 0.0784 e. The molecule has 4 saturated heterocycles. The molecule has 2 saturated carbocycles. The highest BCUT2D eigenvalue weighted by atomic mass is 32.1. The first-order chi connectivity index (χ1) is 10.2. The third-order valence-corrected chi connectivity index (χ3v) is 6.66. The maximum absolute atomic E-state index is 5.05. The lowest BCUT2D eigenvalue weighted by molar-refractivity contribution is -0.660. The van der Waals surface area contributed by atoms with Crippen LogP contribution in [0.2, 0.25) is 0 Å². The molecule has 4 bridgehead atoms. The number of nitrogens with two attached hydrogens (primary N) is 1. The van der Waals surface area contributed by atoms with Crippen molar-refractivity contribution in [2.75, 3.05) is 26.2 Å². The molecule has 0 unspecified atom stereocenters. The third-order valence-electron chi connectivity index (χ3n) is 6.15. The van der Waals surface area contributed by atoms with Crippen LogP contribution in [0.3, 0.4) is 0 Å². The van der Waals surface area contributed by atoms with E-state index in [2.05, 4.69) is 10.2 Å². The van der Waals surface area contributed by atoms with E-state index in [9.17, 15) is 0 Å². The number of nitrogens with zero attached hydrogens (tertiary/aromatic N) is 1. The van der Waals surface area contributed by atoms with Gasteiger partial charge < -0.3 is 35.1 Å². The number of fused-ring (bicyclic) bond motifs is 8.